The van der Waals surface area contributed by atoms with Crippen molar-refractivity contribution in [1.82, 2.24) is 14.9 Å². The number of ether oxygens (including phenoxy) is 1. The van der Waals surface area contributed by atoms with E-state index in [1.54, 1.807) is 6.92 Å². The molecule has 2 heterocycles. The topological polar surface area (TPSA) is 131 Å². The van der Waals surface area contributed by atoms with Crippen LogP contribution in [0, 0.1) is 5.92 Å². The minimum atomic E-state index is -4.26. The number of nitrogens with two attached hydrogens (primary N) is 1. The fourth-order valence-electron chi connectivity index (χ4n) is 4.37. The number of amides is 2. The number of rotatable bonds is 9. The van der Waals surface area contributed by atoms with E-state index in [1.165, 1.54) is 12.1 Å². The van der Waals surface area contributed by atoms with Crippen LogP contribution < -0.4 is 21.1 Å². The molecule has 2 saturated heterocycles. The molecule has 3 rings (SSSR count). The fourth-order valence-corrected chi connectivity index (χ4v) is 6.78. The first kappa shape index (κ1) is 27.0. The molecule has 2 aliphatic rings. The molecule has 2 amide bonds. The van der Waals surface area contributed by atoms with E-state index in [9.17, 15) is 18.0 Å². The Bertz CT molecular complexity index is 972. The molecule has 0 aliphatic carbocycles. The highest BCUT2D eigenvalue weighted by molar-refractivity contribution is 7.89. The first-order chi connectivity index (χ1) is 16.1. The first-order valence-corrected chi connectivity index (χ1v) is 13.7. The summed E-state index contributed by atoms with van der Waals surface area (Å²) in [5, 5.41) is 6.56. The molecule has 1 aromatic rings. The summed E-state index contributed by atoms with van der Waals surface area (Å²) >= 11 is 12.8. The van der Waals surface area contributed by atoms with Crippen molar-refractivity contribution in [3.05, 3.63) is 22.2 Å². The van der Waals surface area contributed by atoms with Crippen LogP contribution in [0.15, 0.2) is 17.0 Å². The van der Waals surface area contributed by atoms with E-state index in [0.29, 0.717) is 25.9 Å². The molecule has 0 bridgehead atoms. The molecule has 190 valence electrons. The summed E-state index contributed by atoms with van der Waals surface area (Å²) in [7, 11) is -4.26. The normalized spacial score (nSPS) is 18.9. The maximum absolute atomic E-state index is 13.7. The molecule has 2 aliphatic heterocycles. The highest BCUT2D eigenvalue weighted by Gasteiger charge is 2.37. The highest BCUT2D eigenvalue weighted by Crippen LogP contribution is 2.38. The molecule has 2 fully saturated rings. The van der Waals surface area contributed by atoms with Crippen LogP contribution >= 0.6 is 23.2 Å². The predicted molar refractivity (Wildman–Crippen MR) is 130 cm³/mol. The Balaban J connectivity index is 1.90. The van der Waals surface area contributed by atoms with Crippen LogP contribution in [-0.2, 0) is 19.6 Å². The van der Waals surface area contributed by atoms with Crippen molar-refractivity contribution in [2.75, 3.05) is 26.2 Å². The van der Waals surface area contributed by atoms with E-state index in [0.717, 1.165) is 30.2 Å². The number of hydrogen-bond acceptors (Lipinski definition) is 7. The van der Waals surface area contributed by atoms with Gasteiger partial charge in [-0.1, -0.05) is 30.1 Å². The van der Waals surface area contributed by atoms with Gasteiger partial charge in [0.25, 0.3) is 10.0 Å². The summed E-state index contributed by atoms with van der Waals surface area (Å²) in [6.07, 6.45) is 2.33. The molecule has 4 N–H and O–H groups in total. The Morgan fingerprint density at radius 1 is 1.06 bits per heavy atom. The van der Waals surface area contributed by atoms with E-state index in [4.69, 9.17) is 33.7 Å². The minimum Gasteiger partial charge on any atom is -0.487 e. The largest absolute Gasteiger partial charge is 0.487 e. The van der Waals surface area contributed by atoms with Crippen molar-refractivity contribution in [2.45, 2.75) is 62.5 Å². The molecule has 0 aromatic heterocycles. The predicted octanol–water partition coefficient (Wildman–Crippen LogP) is 2.30. The van der Waals surface area contributed by atoms with Gasteiger partial charge in [-0.2, -0.15) is 0 Å². The quantitative estimate of drug-likeness (QED) is 0.442. The average molecular weight is 535 g/mol. The van der Waals surface area contributed by atoms with Crippen molar-refractivity contribution in [3.8, 4) is 5.75 Å². The van der Waals surface area contributed by atoms with Gasteiger partial charge in [-0.05, 0) is 69.9 Å². The van der Waals surface area contributed by atoms with Crippen LogP contribution in [0.4, 0.5) is 0 Å². The lowest BCUT2D eigenvalue weighted by Gasteiger charge is -2.34. The lowest BCUT2D eigenvalue weighted by molar-refractivity contribution is -0.129. The average Bonchev–Trinajstić information content (AvgIpc) is 2.76. The Labute approximate surface area is 210 Å². The van der Waals surface area contributed by atoms with Gasteiger partial charge in [-0.15, -0.1) is 0 Å². The number of carbonyl (C=O) groups excluding carboxylic acids is 2. The summed E-state index contributed by atoms with van der Waals surface area (Å²) in [5.74, 6) is -1.27. The molecule has 0 saturated carbocycles. The van der Waals surface area contributed by atoms with Crippen molar-refractivity contribution < 1.29 is 22.7 Å². The van der Waals surface area contributed by atoms with Crippen LogP contribution in [0.2, 0.25) is 10.0 Å². The minimum absolute atomic E-state index is 0.00771. The summed E-state index contributed by atoms with van der Waals surface area (Å²) in [6, 6.07) is 2.06. The number of benzene rings is 1. The van der Waals surface area contributed by atoms with Crippen molar-refractivity contribution >= 4 is 45.0 Å². The van der Waals surface area contributed by atoms with Crippen LogP contribution in [0.25, 0.3) is 0 Å². The molecule has 1 atom stereocenters. The van der Waals surface area contributed by atoms with Crippen LogP contribution in [0.1, 0.15) is 45.4 Å². The van der Waals surface area contributed by atoms with Gasteiger partial charge in [-0.3, -0.25) is 9.59 Å². The van der Waals surface area contributed by atoms with E-state index in [2.05, 4.69) is 10.6 Å². The van der Waals surface area contributed by atoms with Gasteiger partial charge in [0.15, 0.2) is 5.75 Å². The lowest BCUT2D eigenvalue weighted by atomic mass is 10.0. The third kappa shape index (κ3) is 6.75. The zero-order valence-corrected chi connectivity index (χ0v) is 21.5. The zero-order valence-electron chi connectivity index (χ0n) is 19.2. The van der Waals surface area contributed by atoms with Gasteiger partial charge in [0.2, 0.25) is 11.8 Å². The Hall–Kier alpha value is -1.59. The standard InChI is InChI=1S/C22H32Cl2N4O5S/c1-14(10-20(25)29)11-21(30)28(15-2-6-26-7-3-15)34(31,32)17-12-18(23)22(19(24)13-17)33-16-4-8-27-9-5-16/h12-16,26-27H,2-11H2,1H3,(H2,25,29)/t14-/m0/s1. The smallest absolute Gasteiger partial charge is 0.266 e. The van der Waals surface area contributed by atoms with Gasteiger partial charge >= 0.3 is 0 Å². The first-order valence-electron chi connectivity index (χ1n) is 11.5. The molecule has 0 spiro atoms. The van der Waals surface area contributed by atoms with Gasteiger partial charge in [0, 0.05) is 12.8 Å². The number of halogens is 2. The summed E-state index contributed by atoms with van der Waals surface area (Å²) in [4.78, 5) is 24.3. The number of nitrogens with one attached hydrogen (secondary N) is 2. The Morgan fingerprint density at radius 3 is 2.12 bits per heavy atom. The summed E-state index contributed by atoms with van der Waals surface area (Å²) in [5.41, 5.74) is 5.24. The van der Waals surface area contributed by atoms with E-state index in [1.807, 2.05) is 0 Å². The number of piperidine rings is 2. The molecule has 34 heavy (non-hydrogen) atoms. The molecular weight excluding hydrogens is 503 g/mol. The maximum Gasteiger partial charge on any atom is 0.266 e. The second kappa shape index (κ2) is 11.9. The van der Waals surface area contributed by atoms with E-state index >= 15 is 0 Å². The summed E-state index contributed by atoms with van der Waals surface area (Å²) < 4.78 is 34.3. The second-order valence-electron chi connectivity index (χ2n) is 8.94. The summed E-state index contributed by atoms with van der Waals surface area (Å²) in [6.45, 7) is 4.49. The van der Waals surface area contributed by atoms with Gasteiger partial charge < -0.3 is 21.1 Å². The number of nitrogens with zero attached hydrogens (tertiary/aromatic N) is 1. The lowest BCUT2D eigenvalue weighted by Crippen LogP contribution is -2.49. The van der Waals surface area contributed by atoms with Crippen molar-refractivity contribution in [1.29, 1.82) is 0 Å². The van der Waals surface area contributed by atoms with Crippen LogP contribution in [0.5, 0.6) is 5.75 Å². The second-order valence-corrected chi connectivity index (χ2v) is 11.6. The number of primary amides is 1. The third-order valence-corrected chi connectivity index (χ3v) is 8.47. The molecule has 1 aromatic carbocycles. The van der Waals surface area contributed by atoms with Crippen LogP contribution in [0.3, 0.4) is 0 Å². The molecular formula is C22H32Cl2N4O5S. The van der Waals surface area contributed by atoms with Crippen molar-refractivity contribution in [3.63, 3.8) is 0 Å². The fraction of sp³-hybridized carbons (Fsp3) is 0.636. The van der Waals surface area contributed by atoms with Crippen LogP contribution in [-0.4, -0.2) is 62.9 Å². The molecule has 12 heteroatoms. The van der Waals surface area contributed by atoms with E-state index < -0.39 is 33.8 Å². The molecule has 0 unspecified atom stereocenters. The van der Waals surface area contributed by atoms with Gasteiger partial charge in [-0.25, -0.2) is 12.7 Å². The van der Waals surface area contributed by atoms with Gasteiger partial charge in [0.05, 0.1) is 21.0 Å². The van der Waals surface area contributed by atoms with E-state index in [-0.39, 0.29) is 39.6 Å². The third-order valence-electron chi connectivity index (χ3n) is 6.06. The van der Waals surface area contributed by atoms with Gasteiger partial charge in [0.1, 0.15) is 6.10 Å². The number of hydrogen-bond donors (Lipinski definition) is 3. The Morgan fingerprint density at radius 2 is 1.59 bits per heavy atom. The molecule has 0 radical (unpaired) electrons. The number of carbonyl (C=O) groups is 2. The van der Waals surface area contributed by atoms with Crippen molar-refractivity contribution in [2.24, 2.45) is 11.7 Å². The Kier molecular flexibility index (Phi) is 9.45. The monoisotopic (exact) mass is 534 g/mol. The zero-order chi connectivity index (χ0) is 24.9. The number of sulfonamides is 1. The maximum atomic E-state index is 13.7. The molecule has 9 nitrogen and oxygen atoms in total. The highest BCUT2D eigenvalue weighted by atomic mass is 35.5. The SMILES string of the molecule is C[C@@H](CC(N)=O)CC(=O)N(C1CCNCC1)S(=O)(=O)c1cc(Cl)c(OC2CCNCC2)c(Cl)c1.